The first-order chi connectivity index (χ1) is 8.91. The smallest absolute Gasteiger partial charge is 0.0625 e. The molecule has 2 N–H and O–H groups in total. The van der Waals surface area contributed by atoms with Crippen molar-refractivity contribution in [1.29, 1.82) is 0 Å². The Balaban J connectivity index is 1.97. The highest BCUT2D eigenvalue weighted by Gasteiger charge is 2.44. The van der Waals surface area contributed by atoms with Crippen molar-refractivity contribution in [3.05, 3.63) is 24.3 Å². The van der Waals surface area contributed by atoms with Crippen LogP contribution in [-0.2, 0) is 0 Å². The molecular weight excluding hydrogens is 234 g/mol. The van der Waals surface area contributed by atoms with E-state index in [2.05, 4.69) is 24.9 Å². The highest BCUT2D eigenvalue weighted by Crippen LogP contribution is 2.46. The highest BCUT2D eigenvalue weighted by atomic mass is 16.3. The van der Waals surface area contributed by atoms with Gasteiger partial charge in [-0.3, -0.25) is 0 Å². The lowest BCUT2D eigenvalue weighted by Gasteiger charge is -2.49. The maximum atomic E-state index is 10.4. The van der Waals surface area contributed by atoms with E-state index in [9.17, 15) is 5.11 Å². The van der Waals surface area contributed by atoms with Gasteiger partial charge < -0.3 is 10.4 Å². The molecule has 108 valence electrons. The highest BCUT2D eigenvalue weighted by molar-refractivity contribution is 5.15. The van der Waals surface area contributed by atoms with Crippen LogP contribution in [0.4, 0.5) is 0 Å². The molecule has 3 unspecified atom stereocenters. The van der Waals surface area contributed by atoms with Gasteiger partial charge in [-0.1, -0.05) is 25.7 Å². The third-order valence-electron chi connectivity index (χ3n) is 4.86. The molecule has 5 atom stereocenters. The lowest BCUT2D eigenvalue weighted by molar-refractivity contribution is -0.0575. The molecule has 0 heterocycles. The lowest BCUT2D eigenvalue weighted by Crippen LogP contribution is -2.52. The van der Waals surface area contributed by atoms with Gasteiger partial charge in [0.05, 0.1) is 5.60 Å². The molecule has 2 fully saturated rings. The van der Waals surface area contributed by atoms with Crippen LogP contribution in [0.5, 0.6) is 0 Å². The Morgan fingerprint density at radius 2 is 2.16 bits per heavy atom. The summed E-state index contributed by atoms with van der Waals surface area (Å²) in [6.45, 7) is 11.3. The Morgan fingerprint density at radius 1 is 1.42 bits per heavy atom. The standard InChI is InChI=1S/C17H29NO/c1-5-6-12(2)11-18-16-13(3)7-14-8-15(16)10-17(4,19)9-14/h5-6,13-16,18-19H,2,7-11H2,1,3-4H3/b6-5-/t13?,14?,15?,16-,17+/m0/s1. The van der Waals surface area contributed by atoms with E-state index in [-0.39, 0.29) is 0 Å². The molecule has 2 nitrogen and oxygen atoms in total. The van der Waals surface area contributed by atoms with Crippen LogP contribution in [0.25, 0.3) is 0 Å². The molecular formula is C17H29NO. The Labute approximate surface area is 118 Å². The van der Waals surface area contributed by atoms with E-state index < -0.39 is 5.60 Å². The quantitative estimate of drug-likeness (QED) is 0.763. The zero-order chi connectivity index (χ0) is 14.0. The average Bonchev–Trinajstić information content (AvgIpc) is 2.26. The van der Waals surface area contributed by atoms with Gasteiger partial charge in [-0.25, -0.2) is 0 Å². The number of aliphatic hydroxyl groups is 1. The van der Waals surface area contributed by atoms with Gasteiger partial charge in [0.15, 0.2) is 0 Å². The van der Waals surface area contributed by atoms with E-state index in [0.717, 1.165) is 30.9 Å². The summed E-state index contributed by atoms with van der Waals surface area (Å²) in [6.07, 6.45) is 8.58. The zero-order valence-corrected chi connectivity index (χ0v) is 12.7. The summed E-state index contributed by atoms with van der Waals surface area (Å²) in [5.74, 6) is 2.05. The zero-order valence-electron chi connectivity index (χ0n) is 12.7. The van der Waals surface area contributed by atoms with Crippen molar-refractivity contribution in [2.75, 3.05) is 6.54 Å². The molecule has 2 rings (SSSR count). The molecule has 2 bridgehead atoms. The van der Waals surface area contributed by atoms with Crippen LogP contribution in [0.15, 0.2) is 24.3 Å². The predicted octanol–water partition coefficient (Wildman–Crippen LogP) is 3.28. The maximum Gasteiger partial charge on any atom is 0.0625 e. The van der Waals surface area contributed by atoms with Crippen LogP contribution < -0.4 is 5.32 Å². The molecule has 2 saturated carbocycles. The topological polar surface area (TPSA) is 32.3 Å². The van der Waals surface area contributed by atoms with E-state index in [1.165, 1.54) is 12.8 Å². The Morgan fingerprint density at radius 3 is 2.84 bits per heavy atom. The predicted molar refractivity (Wildman–Crippen MR) is 81.0 cm³/mol. The summed E-state index contributed by atoms with van der Waals surface area (Å²) in [6, 6.07) is 0.532. The van der Waals surface area contributed by atoms with Crippen molar-refractivity contribution < 1.29 is 5.11 Å². The normalized spacial score (nSPS) is 42.5. The summed E-state index contributed by atoms with van der Waals surface area (Å²) < 4.78 is 0. The molecule has 0 amide bonds. The molecule has 0 aromatic rings. The van der Waals surface area contributed by atoms with Crippen LogP contribution in [0, 0.1) is 17.8 Å². The summed E-state index contributed by atoms with van der Waals surface area (Å²) in [5.41, 5.74) is 0.688. The lowest BCUT2D eigenvalue weighted by atomic mass is 9.61. The van der Waals surface area contributed by atoms with Gasteiger partial charge in [-0.15, -0.1) is 0 Å². The van der Waals surface area contributed by atoms with Crippen molar-refractivity contribution in [1.82, 2.24) is 5.32 Å². The molecule has 0 aliphatic heterocycles. The van der Waals surface area contributed by atoms with Gasteiger partial charge in [0.1, 0.15) is 0 Å². The second-order valence-corrected chi connectivity index (χ2v) is 7.04. The van der Waals surface area contributed by atoms with Gasteiger partial charge in [0.25, 0.3) is 0 Å². The third-order valence-corrected chi connectivity index (χ3v) is 4.86. The fourth-order valence-electron chi connectivity index (χ4n) is 4.37. The SMILES string of the molecule is C=C(/C=C\C)CN[C@H]1C(C)CC2CC1C[C@](C)(O)C2. The van der Waals surface area contributed by atoms with Crippen molar-refractivity contribution in [3.8, 4) is 0 Å². The molecule has 2 aliphatic rings. The second kappa shape index (κ2) is 5.80. The Bertz CT molecular complexity index is 356. The molecule has 0 saturated heterocycles. The van der Waals surface area contributed by atoms with Crippen LogP contribution in [-0.4, -0.2) is 23.3 Å². The van der Waals surface area contributed by atoms with Gasteiger partial charge in [-0.2, -0.15) is 0 Å². The second-order valence-electron chi connectivity index (χ2n) is 7.04. The summed E-state index contributed by atoms with van der Waals surface area (Å²) in [7, 11) is 0. The van der Waals surface area contributed by atoms with E-state index in [0.29, 0.717) is 17.9 Å². The van der Waals surface area contributed by atoms with Crippen molar-refractivity contribution in [2.24, 2.45) is 17.8 Å². The molecule has 0 radical (unpaired) electrons. The minimum Gasteiger partial charge on any atom is -0.390 e. The molecule has 2 aliphatic carbocycles. The van der Waals surface area contributed by atoms with E-state index in [4.69, 9.17) is 0 Å². The van der Waals surface area contributed by atoms with Gasteiger partial charge in [-0.05, 0) is 62.9 Å². The third kappa shape index (κ3) is 3.70. The summed E-state index contributed by atoms with van der Waals surface area (Å²) in [4.78, 5) is 0. The Hall–Kier alpha value is -0.600. The van der Waals surface area contributed by atoms with Gasteiger partial charge in [0, 0.05) is 12.6 Å². The minimum absolute atomic E-state index is 0.450. The van der Waals surface area contributed by atoms with Crippen LogP contribution in [0.2, 0.25) is 0 Å². The van der Waals surface area contributed by atoms with Crippen molar-refractivity contribution in [2.45, 2.75) is 58.1 Å². The van der Waals surface area contributed by atoms with Gasteiger partial charge >= 0.3 is 0 Å². The largest absolute Gasteiger partial charge is 0.390 e. The summed E-state index contributed by atoms with van der Waals surface area (Å²) >= 11 is 0. The molecule has 19 heavy (non-hydrogen) atoms. The maximum absolute atomic E-state index is 10.4. The van der Waals surface area contributed by atoms with Crippen molar-refractivity contribution in [3.63, 3.8) is 0 Å². The van der Waals surface area contributed by atoms with E-state index in [1.54, 1.807) is 0 Å². The molecule has 0 spiro atoms. The number of hydrogen-bond acceptors (Lipinski definition) is 2. The van der Waals surface area contributed by atoms with Gasteiger partial charge in [0.2, 0.25) is 0 Å². The van der Waals surface area contributed by atoms with Crippen molar-refractivity contribution >= 4 is 0 Å². The fourth-order valence-corrected chi connectivity index (χ4v) is 4.37. The minimum atomic E-state index is -0.450. The first kappa shape index (κ1) is 14.8. The van der Waals surface area contributed by atoms with Crippen LogP contribution in [0.3, 0.4) is 0 Å². The number of allylic oxidation sites excluding steroid dienone is 1. The summed E-state index contributed by atoms with van der Waals surface area (Å²) in [5, 5.41) is 14.1. The number of rotatable bonds is 4. The Kier molecular flexibility index (Phi) is 4.52. The molecule has 0 aromatic heterocycles. The van der Waals surface area contributed by atoms with Crippen LogP contribution in [0.1, 0.15) is 46.5 Å². The number of fused-ring (bicyclic) bond motifs is 2. The number of nitrogens with one attached hydrogen (secondary N) is 1. The number of hydrogen-bond donors (Lipinski definition) is 2. The first-order valence-corrected chi connectivity index (χ1v) is 7.67. The monoisotopic (exact) mass is 263 g/mol. The van der Waals surface area contributed by atoms with Crippen LogP contribution >= 0.6 is 0 Å². The first-order valence-electron chi connectivity index (χ1n) is 7.67. The average molecular weight is 263 g/mol. The fraction of sp³-hybridized carbons (Fsp3) is 0.765. The molecule has 2 heteroatoms. The van der Waals surface area contributed by atoms with E-state index in [1.807, 2.05) is 19.9 Å². The molecule has 0 aromatic carbocycles. The van der Waals surface area contributed by atoms with E-state index >= 15 is 0 Å².